The number of benzene rings is 2. The molecule has 1 N–H and O–H groups in total. The Hall–Kier alpha value is -2.69. The van der Waals surface area contributed by atoms with E-state index in [4.69, 9.17) is 4.74 Å². The molecule has 5 heteroatoms. The lowest BCUT2D eigenvalue weighted by Crippen LogP contribution is -2.43. The number of carbonyl (C=O) groups is 2. The average molecular weight is 369 g/mol. The van der Waals surface area contributed by atoms with E-state index < -0.39 is 0 Å². The molecule has 1 fully saturated rings. The Bertz CT molecular complexity index is 786. The van der Waals surface area contributed by atoms with E-state index >= 15 is 0 Å². The maximum absolute atomic E-state index is 13.0. The van der Waals surface area contributed by atoms with Crippen LogP contribution in [0.1, 0.15) is 48.5 Å². The first-order valence-electron chi connectivity index (χ1n) is 9.35. The normalized spacial score (nSPS) is 19.3. The van der Waals surface area contributed by atoms with Crippen molar-refractivity contribution in [2.24, 2.45) is 5.92 Å². The van der Waals surface area contributed by atoms with Crippen LogP contribution < -0.4 is 10.1 Å². The molecule has 0 bridgehead atoms. The lowest BCUT2D eigenvalue weighted by Gasteiger charge is -2.29. The maximum Gasteiger partial charge on any atom is 0.258 e. The summed E-state index contributed by atoms with van der Waals surface area (Å²) in [4.78, 5) is 24.5. The summed E-state index contributed by atoms with van der Waals surface area (Å²) in [5, 5.41) is 3.05. The number of rotatable bonds is 6. The summed E-state index contributed by atoms with van der Waals surface area (Å²) in [5.74, 6) is 0.332. The topological polar surface area (TPSA) is 55.4 Å². The summed E-state index contributed by atoms with van der Waals surface area (Å²) < 4.78 is 18.5. The molecule has 0 unspecified atom stereocenters. The van der Waals surface area contributed by atoms with Crippen LogP contribution in [0.5, 0.6) is 5.75 Å². The molecule has 0 spiro atoms. The fraction of sp³-hybridized carbons (Fsp3) is 0.364. The zero-order chi connectivity index (χ0) is 19.2. The number of amides is 1. The van der Waals surface area contributed by atoms with E-state index in [2.05, 4.69) is 12.2 Å². The molecule has 4 nitrogen and oxygen atoms in total. The number of carbonyl (C=O) groups excluding carboxylic acids is 2. The Morgan fingerprint density at radius 3 is 2.22 bits per heavy atom. The lowest BCUT2D eigenvalue weighted by molar-refractivity contribution is -0.124. The van der Waals surface area contributed by atoms with Crippen LogP contribution in [0.15, 0.2) is 48.5 Å². The van der Waals surface area contributed by atoms with Crippen molar-refractivity contribution in [3.63, 3.8) is 0 Å². The molecule has 0 radical (unpaired) electrons. The molecule has 27 heavy (non-hydrogen) atoms. The molecule has 0 aliphatic heterocycles. The van der Waals surface area contributed by atoms with Gasteiger partial charge in [-0.05, 0) is 67.3 Å². The molecule has 0 saturated heterocycles. The average Bonchev–Trinajstić information content (AvgIpc) is 2.69. The fourth-order valence-corrected chi connectivity index (χ4v) is 3.40. The highest BCUT2D eigenvalue weighted by Gasteiger charge is 2.22. The summed E-state index contributed by atoms with van der Waals surface area (Å²) >= 11 is 0. The van der Waals surface area contributed by atoms with Gasteiger partial charge in [0.15, 0.2) is 12.4 Å². The van der Waals surface area contributed by atoms with Crippen LogP contribution in [-0.2, 0) is 4.79 Å². The van der Waals surface area contributed by atoms with Crippen LogP contribution in [0.2, 0.25) is 0 Å². The molecule has 2 aromatic carbocycles. The highest BCUT2D eigenvalue weighted by Crippen LogP contribution is 2.23. The number of hydrogen-bond donors (Lipinski definition) is 1. The molecular formula is C22H24FNO3. The molecule has 1 aliphatic carbocycles. The van der Waals surface area contributed by atoms with Crippen molar-refractivity contribution in [1.82, 2.24) is 5.32 Å². The number of halogens is 1. The molecule has 2 atom stereocenters. The first kappa shape index (κ1) is 19.1. The zero-order valence-electron chi connectivity index (χ0n) is 15.4. The number of ether oxygens (including phenoxy) is 1. The minimum atomic E-state index is -0.379. The van der Waals surface area contributed by atoms with Gasteiger partial charge in [0.25, 0.3) is 5.91 Å². The summed E-state index contributed by atoms with van der Waals surface area (Å²) in [6.07, 6.45) is 4.55. The van der Waals surface area contributed by atoms with Gasteiger partial charge in [-0.15, -0.1) is 0 Å². The largest absolute Gasteiger partial charge is 0.484 e. The van der Waals surface area contributed by atoms with Gasteiger partial charge in [0.2, 0.25) is 0 Å². The van der Waals surface area contributed by atoms with Gasteiger partial charge >= 0.3 is 0 Å². The Labute approximate surface area is 158 Å². The third-order valence-corrected chi connectivity index (χ3v) is 5.05. The first-order chi connectivity index (χ1) is 13.0. The molecule has 1 aliphatic rings. The van der Waals surface area contributed by atoms with E-state index in [1.807, 2.05) is 0 Å². The molecule has 0 aromatic heterocycles. The maximum atomic E-state index is 13.0. The molecule has 1 saturated carbocycles. The van der Waals surface area contributed by atoms with Crippen molar-refractivity contribution in [1.29, 1.82) is 0 Å². The van der Waals surface area contributed by atoms with Crippen molar-refractivity contribution in [3.8, 4) is 5.75 Å². The Kier molecular flexibility index (Phi) is 6.22. The van der Waals surface area contributed by atoms with Gasteiger partial charge in [0.05, 0.1) is 0 Å². The van der Waals surface area contributed by atoms with E-state index in [9.17, 15) is 14.0 Å². The SMILES string of the molecule is C[C@H]1CCCC[C@@H]1NC(=O)COc1ccc(C(=O)c2ccc(F)cc2)cc1. The van der Waals surface area contributed by atoms with Crippen molar-refractivity contribution in [3.05, 3.63) is 65.5 Å². The lowest BCUT2D eigenvalue weighted by atomic mass is 9.86. The highest BCUT2D eigenvalue weighted by molar-refractivity contribution is 6.09. The third-order valence-electron chi connectivity index (χ3n) is 5.05. The summed E-state index contributed by atoms with van der Waals surface area (Å²) in [6, 6.07) is 12.3. The van der Waals surface area contributed by atoms with E-state index in [-0.39, 0.29) is 30.2 Å². The van der Waals surface area contributed by atoms with E-state index in [1.165, 1.54) is 30.7 Å². The van der Waals surface area contributed by atoms with Gasteiger partial charge in [-0.25, -0.2) is 4.39 Å². The predicted molar refractivity (Wildman–Crippen MR) is 101 cm³/mol. The van der Waals surface area contributed by atoms with Crippen LogP contribution in [0.3, 0.4) is 0 Å². The molecule has 2 aromatic rings. The minimum absolute atomic E-state index is 0.0471. The zero-order valence-corrected chi connectivity index (χ0v) is 15.4. The highest BCUT2D eigenvalue weighted by atomic mass is 19.1. The predicted octanol–water partition coefficient (Wildman–Crippen LogP) is 4.13. The van der Waals surface area contributed by atoms with Crippen LogP contribution in [0.4, 0.5) is 4.39 Å². The molecular weight excluding hydrogens is 345 g/mol. The minimum Gasteiger partial charge on any atom is -0.484 e. The Balaban J connectivity index is 1.52. The standard InChI is InChI=1S/C22H24FNO3/c1-15-4-2-3-5-20(15)24-21(25)14-27-19-12-8-17(9-13-19)22(26)16-6-10-18(23)11-7-16/h6-13,15,20H,2-5,14H2,1H3,(H,24,25)/t15-,20-/m0/s1. The van der Waals surface area contributed by atoms with E-state index in [0.29, 0.717) is 22.8 Å². The second kappa shape index (κ2) is 8.80. The van der Waals surface area contributed by atoms with Crippen LogP contribution in [0, 0.1) is 11.7 Å². The van der Waals surface area contributed by atoms with Crippen LogP contribution >= 0.6 is 0 Å². The Morgan fingerprint density at radius 2 is 1.59 bits per heavy atom. The molecule has 1 amide bonds. The van der Waals surface area contributed by atoms with Gasteiger partial charge in [0.1, 0.15) is 11.6 Å². The van der Waals surface area contributed by atoms with Gasteiger partial charge in [0, 0.05) is 17.2 Å². The number of hydrogen-bond acceptors (Lipinski definition) is 3. The van der Waals surface area contributed by atoms with Gasteiger partial charge in [-0.2, -0.15) is 0 Å². The summed E-state index contributed by atoms with van der Waals surface area (Å²) in [5.41, 5.74) is 0.903. The van der Waals surface area contributed by atoms with E-state index in [0.717, 1.165) is 19.3 Å². The number of ketones is 1. The molecule has 142 valence electrons. The van der Waals surface area contributed by atoms with Crippen LogP contribution in [0.25, 0.3) is 0 Å². The quantitative estimate of drug-likeness (QED) is 0.779. The second-order valence-electron chi connectivity index (χ2n) is 7.08. The number of nitrogens with one attached hydrogen (secondary N) is 1. The summed E-state index contributed by atoms with van der Waals surface area (Å²) in [6.45, 7) is 2.12. The molecule has 3 rings (SSSR count). The smallest absolute Gasteiger partial charge is 0.258 e. The van der Waals surface area contributed by atoms with Crippen molar-refractivity contribution < 1.29 is 18.7 Å². The van der Waals surface area contributed by atoms with Gasteiger partial charge in [-0.3, -0.25) is 9.59 Å². The van der Waals surface area contributed by atoms with Crippen molar-refractivity contribution in [2.45, 2.75) is 38.6 Å². The molecule has 0 heterocycles. The third kappa shape index (κ3) is 5.16. The van der Waals surface area contributed by atoms with Crippen molar-refractivity contribution >= 4 is 11.7 Å². The van der Waals surface area contributed by atoms with Gasteiger partial charge < -0.3 is 10.1 Å². The van der Waals surface area contributed by atoms with Gasteiger partial charge in [-0.1, -0.05) is 19.8 Å². The second-order valence-corrected chi connectivity index (χ2v) is 7.08. The van der Waals surface area contributed by atoms with E-state index in [1.54, 1.807) is 24.3 Å². The summed E-state index contributed by atoms with van der Waals surface area (Å²) in [7, 11) is 0. The fourth-order valence-electron chi connectivity index (χ4n) is 3.40. The van der Waals surface area contributed by atoms with Crippen LogP contribution in [-0.4, -0.2) is 24.3 Å². The monoisotopic (exact) mass is 369 g/mol. The first-order valence-corrected chi connectivity index (χ1v) is 9.35. The Morgan fingerprint density at radius 1 is 1.00 bits per heavy atom. The van der Waals surface area contributed by atoms with Crippen molar-refractivity contribution in [2.75, 3.05) is 6.61 Å².